The van der Waals surface area contributed by atoms with E-state index in [4.69, 9.17) is 53.8 Å². The van der Waals surface area contributed by atoms with Gasteiger partial charge < -0.3 is 24.1 Å². The van der Waals surface area contributed by atoms with Crippen LogP contribution < -0.4 is 0 Å². The van der Waals surface area contributed by atoms with Gasteiger partial charge in [0.2, 0.25) is 0 Å². The normalized spacial score (nSPS) is 32.8. The Hall–Kier alpha value is -0.110. The Morgan fingerprint density at radius 2 is 1.92 bits per heavy atom. The van der Waals surface area contributed by atoms with Crippen LogP contribution in [0.3, 0.4) is 0 Å². The van der Waals surface area contributed by atoms with Crippen molar-refractivity contribution in [2.45, 2.75) is 63.9 Å². The van der Waals surface area contributed by atoms with E-state index in [1.807, 2.05) is 0 Å². The van der Waals surface area contributed by atoms with Crippen molar-refractivity contribution in [3.63, 3.8) is 0 Å². The monoisotopic (exact) mass is 396 g/mol. The van der Waals surface area contributed by atoms with Gasteiger partial charge in [0.15, 0.2) is 12.1 Å². The van der Waals surface area contributed by atoms with Crippen molar-refractivity contribution in [2.75, 3.05) is 0 Å². The third-order valence-corrected chi connectivity index (χ3v) is 5.38. The van der Waals surface area contributed by atoms with Crippen LogP contribution >= 0.6 is 34.8 Å². The molecule has 134 valence electrons. The van der Waals surface area contributed by atoms with Gasteiger partial charge >= 0.3 is 0 Å². The van der Waals surface area contributed by atoms with Crippen LogP contribution in [0.1, 0.15) is 26.3 Å². The van der Waals surface area contributed by atoms with E-state index in [1.54, 1.807) is 32.9 Å². The summed E-state index contributed by atoms with van der Waals surface area (Å²) in [5.74, 6) is -0.762. The minimum atomic E-state index is -0.762. The summed E-state index contributed by atoms with van der Waals surface area (Å²) in [4.78, 5) is 0. The van der Waals surface area contributed by atoms with E-state index >= 15 is 0 Å². The lowest BCUT2D eigenvalue weighted by atomic mass is 10.1. The molecule has 0 amide bonds. The van der Waals surface area contributed by atoms with Gasteiger partial charge in [-0.3, -0.25) is 0 Å². The zero-order valence-electron chi connectivity index (χ0n) is 13.5. The minimum Gasteiger partial charge on any atom is -0.391 e. The van der Waals surface area contributed by atoms with E-state index in [0.29, 0.717) is 15.6 Å². The molecule has 2 heterocycles. The van der Waals surface area contributed by atoms with Gasteiger partial charge in [-0.2, -0.15) is 0 Å². The summed E-state index contributed by atoms with van der Waals surface area (Å²) in [6.07, 6.45) is -2.80. The molecule has 2 fully saturated rings. The third kappa shape index (κ3) is 3.55. The highest BCUT2D eigenvalue weighted by molar-refractivity contribution is 6.48. The summed E-state index contributed by atoms with van der Waals surface area (Å²) >= 11 is 18.2. The first-order valence-corrected chi connectivity index (χ1v) is 8.76. The van der Waals surface area contributed by atoms with Crippen LogP contribution in [0.4, 0.5) is 0 Å². The molecule has 8 heteroatoms. The smallest absolute Gasteiger partial charge is 0.190 e. The largest absolute Gasteiger partial charge is 0.391 e. The van der Waals surface area contributed by atoms with Crippen LogP contribution in [0.2, 0.25) is 15.1 Å². The molecule has 0 aliphatic carbocycles. The molecule has 1 aromatic carbocycles. The van der Waals surface area contributed by atoms with Crippen molar-refractivity contribution < 1.29 is 24.1 Å². The van der Waals surface area contributed by atoms with Gasteiger partial charge in [-0.1, -0.05) is 40.9 Å². The van der Waals surface area contributed by atoms with Crippen molar-refractivity contribution in [3.05, 3.63) is 32.8 Å². The SMILES string of the molecule is C[C@@H](O)[C@H]1O[C@@H]2OC(C)(C)O[C@@H]2[C@H]1OCc1ccc(Cl)c(Cl)c1Cl. The number of rotatable bonds is 4. The predicted octanol–water partition coefficient (Wildman–Crippen LogP) is 3.79. The van der Waals surface area contributed by atoms with E-state index in [1.165, 1.54) is 0 Å². The lowest BCUT2D eigenvalue weighted by Crippen LogP contribution is -2.41. The average Bonchev–Trinajstić information content (AvgIpc) is 2.96. The molecular formula is C16H19Cl3O5. The molecule has 0 unspecified atom stereocenters. The Balaban J connectivity index is 1.75. The number of ether oxygens (including phenoxy) is 4. The second kappa shape index (κ2) is 6.89. The quantitative estimate of drug-likeness (QED) is 0.783. The van der Waals surface area contributed by atoms with Crippen molar-refractivity contribution >= 4 is 34.8 Å². The molecule has 0 aromatic heterocycles. The number of aliphatic hydroxyl groups excluding tert-OH is 1. The molecule has 2 aliphatic rings. The first-order valence-electron chi connectivity index (χ1n) is 7.63. The van der Waals surface area contributed by atoms with Gasteiger partial charge in [-0.15, -0.1) is 0 Å². The highest BCUT2D eigenvalue weighted by Crippen LogP contribution is 2.40. The zero-order valence-corrected chi connectivity index (χ0v) is 15.7. The molecular weight excluding hydrogens is 379 g/mol. The highest BCUT2D eigenvalue weighted by Gasteiger charge is 2.56. The van der Waals surface area contributed by atoms with Crippen LogP contribution in [0, 0.1) is 0 Å². The van der Waals surface area contributed by atoms with E-state index in [0.717, 1.165) is 0 Å². The Bertz CT molecular complexity index is 622. The topological polar surface area (TPSA) is 57.2 Å². The second-order valence-corrected chi connectivity index (χ2v) is 7.58. The number of hydrogen-bond donors (Lipinski definition) is 1. The van der Waals surface area contributed by atoms with Crippen molar-refractivity contribution in [3.8, 4) is 0 Å². The van der Waals surface area contributed by atoms with Crippen LogP contribution in [0.15, 0.2) is 12.1 Å². The lowest BCUT2D eigenvalue weighted by Gasteiger charge is -2.27. The summed E-state index contributed by atoms with van der Waals surface area (Å²) in [5.41, 5.74) is 0.692. The molecule has 24 heavy (non-hydrogen) atoms. The maximum Gasteiger partial charge on any atom is 0.190 e. The van der Waals surface area contributed by atoms with Gasteiger partial charge in [0.1, 0.15) is 18.3 Å². The van der Waals surface area contributed by atoms with Crippen molar-refractivity contribution in [2.24, 2.45) is 0 Å². The molecule has 5 atom stereocenters. The van der Waals surface area contributed by atoms with Gasteiger partial charge in [0, 0.05) is 0 Å². The Kier molecular flexibility index (Phi) is 5.36. The Morgan fingerprint density at radius 1 is 1.21 bits per heavy atom. The molecule has 3 rings (SSSR count). The average molecular weight is 398 g/mol. The van der Waals surface area contributed by atoms with Gasteiger partial charge in [0.25, 0.3) is 0 Å². The summed E-state index contributed by atoms with van der Waals surface area (Å²) in [7, 11) is 0. The van der Waals surface area contributed by atoms with Crippen LogP contribution in [-0.2, 0) is 25.6 Å². The van der Waals surface area contributed by atoms with Crippen LogP contribution in [-0.4, -0.2) is 41.6 Å². The number of hydrogen-bond acceptors (Lipinski definition) is 5. The molecule has 2 saturated heterocycles. The summed E-state index contributed by atoms with van der Waals surface area (Å²) in [5, 5.41) is 11.0. The van der Waals surface area contributed by atoms with E-state index < -0.39 is 36.5 Å². The molecule has 1 aromatic rings. The van der Waals surface area contributed by atoms with Crippen molar-refractivity contribution in [1.82, 2.24) is 0 Å². The van der Waals surface area contributed by atoms with Crippen LogP contribution in [0.5, 0.6) is 0 Å². The Labute approximate surface area is 155 Å². The maximum absolute atomic E-state index is 9.96. The van der Waals surface area contributed by atoms with Gasteiger partial charge in [0.05, 0.1) is 27.8 Å². The van der Waals surface area contributed by atoms with Crippen molar-refractivity contribution in [1.29, 1.82) is 0 Å². The Morgan fingerprint density at radius 3 is 2.58 bits per heavy atom. The lowest BCUT2D eigenvalue weighted by molar-refractivity contribution is -0.229. The summed E-state index contributed by atoms with van der Waals surface area (Å²) in [6.45, 7) is 5.43. The zero-order chi connectivity index (χ0) is 17.6. The maximum atomic E-state index is 9.96. The molecule has 1 N–H and O–H groups in total. The molecule has 0 spiro atoms. The number of fused-ring (bicyclic) bond motifs is 1. The highest BCUT2D eigenvalue weighted by atomic mass is 35.5. The van der Waals surface area contributed by atoms with E-state index in [-0.39, 0.29) is 11.6 Å². The second-order valence-electron chi connectivity index (χ2n) is 6.42. The number of benzene rings is 1. The van der Waals surface area contributed by atoms with Crippen LogP contribution in [0.25, 0.3) is 0 Å². The fourth-order valence-electron chi connectivity index (χ4n) is 2.95. The predicted molar refractivity (Wildman–Crippen MR) is 90.4 cm³/mol. The molecule has 0 radical (unpaired) electrons. The molecule has 0 bridgehead atoms. The number of aliphatic hydroxyl groups is 1. The summed E-state index contributed by atoms with van der Waals surface area (Å²) < 4.78 is 23.3. The number of halogens is 3. The fourth-order valence-corrected chi connectivity index (χ4v) is 3.56. The van der Waals surface area contributed by atoms with E-state index in [2.05, 4.69) is 0 Å². The standard InChI is InChI=1S/C16H19Cl3O5/c1-7(20)12-13(14-15(22-12)24-16(2,3)23-14)21-6-8-4-5-9(17)11(19)10(8)18/h4-5,7,12-15,20H,6H2,1-3H3/t7-,12-,13+,14-,15-/m1/s1. The third-order valence-electron chi connectivity index (χ3n) is 4.05. The first kappa shape index (κ1) is 18.7. The molecule has 5 nitrogen and oxygen atoms in total. The fraction of sp³-hybridized carbons (Fsp3) is 0.625. The van der Waals surface area contributed by atoms with Gasteiger partial charge in [-0.25, -0.2) is 0 Å². The first-order chi connectivity index (χ1) is 11.2. The van der Waals surface area contributed by atoms with Gasteiger partial charge in [-0.05, 0) is 32.4 Å². The molecule has 2 aliphatic heterocycles. The minimum absolute atomic E-state index is 0.181. The van der Waals surface area contributed by atoms with E-state index in [9.17, 15) is 5.11 Å². The summed E-state index contributed by atoms with van der Waals surface area (Å²) in [6, 6.07) is 3.41. The molecule has 0 saturated carbocycles.